The minimum Gasteiger partial charge on any atom is -0.494 e. The van der Waals surface area contributed by atoms with E-state index < -0.39 is 0 Å². The average Bonchev–Trinajstić information content (AvgIpc) is 3.55. The molecule has 4 rings (SSSR count). The maximum Gasteiger partial charge on any atom is 0.251 e. The summed E-state index contributed by atoms with van der Waals surface area (Å²) in [4.78, 5) is 30.5. The number of carbonyl (C=O) groups is 2. The summed E-state index contributed by atoms with van der Waals surface area (Å²) in [7, 11) is 0. The molecule has 0 aliphatic rings. The third-order valence-electron chi connectivity index (χ3n) is 4.78. The molecule has 4 aromatic rings. The molecule has 0 spiro atoms. The number of hydrogen-bond donors (Lipinski definition) is 2. The molecule has 0 bridgehead atoms. The van der Waals surface area contributed by atoms with E-state index in [0.717, 1.165) is 16.3 Å². The van der Waals surface area contributed by atoms with Crippen LogP contribution in [-0.2, 0) is 11.3 Å². The zero-order valence-electron chi connectivity index (χ0n) is 18.6. The summed E-state index contributed by atoms with van der Waals surface area (Å²) in [6, 6.07) is 18.5. The van der Waals surface area contributed by atoms with Crippen molar-refractivity contribution >= 4 is 40.6 Å². The summed E-state index contributed by atoms with van der Waals surface area (Å²) in [5.41, 5.74) is 2.07. The van der Waals surface area contributed by atoms with Crippen molar-refractivity contribution in [1.82, 2.24) is 14.9 Å². The monoisotopic (exact) mass is 492 g/mol. The van der Waals surface area contributed by atoms with E-state index in [4.69, 9.17) is 4.74 Å². The highest BCUT2D eigenvalue weighted by molar-refractivity contribution is 7.99. The van der Waals surface area contributed by atoms with E-state index in [1.165, 1.54) is 11.8 Å². The molecule has 0 saturated carbocycles. The molecule has 2 aromatic carbocycles. The van der Waals surface area contributed by atoms with Crippen molar-refractivity contribution < 1.29 is 14.3 Å². The number of amides is 2. The highest BCUT2D eigenvalue weighted by Gasteiger charge is 2.12. The maximum atomic E-state index is 12.6. The van der Waals surface area contributed by atoms with Crippen molar-refractivity contribution in [1.29, 1.82) is 0 Å². The first-order chi connectivity index (χ1) is 16.6. The Kier molecular flexibility index (Phi) is 8.00. The number of thiophene rings is 1. The van der Waals surface area contributed by atoms with Gasteiger partial charge in [0, 0.05) is 34.2 Å². The second-order valence-corrected chi connectivity index (χ2v) is 9.16. The van der Waals surface area contributed by atoms with Gasteiger partial charge in [0.1, 0.15) is 5.75 Å². The molecule has 0 fully saturated rings. The molecule has 9 heteroatoms. The largest absolute Gasteiger partial charge is 0.494 e. The van der Waals surface area contributed by atoms with Gasteiger partial charge in [-0.2, -0.15) is 0 Å². The van der Waals surface area contributed by atoms with Crippen molar-refractivity contribution in [3.63, 3.8) is 0 Å². The Morgan fingerprint density at radius 3 is 2.74 bits per heavy atom. The molecule has 2 amide bonds. The number of imidazole rings is 1. The van der Waals surface area contributed by atoms with Gasteiger partial charge in [0.2, 0.25) is 5.91 Å². The fourth-order valence-corrected chi connectivity index (χ4v) is 4.62. The van der Waals surface area contributed by atoms with Crippen LogP contribution in [-0.4, -0.2) is 33.7 Å². The fourth-order valence-electron chi connectivity index (χ4n) is 3.20. The summed E-state index contributed by atoms with van der Waals surface area (Å²) in [6.07, 6.45) is 3.49. The van der Waals surface area contributed by atoms with Crippen molar-refractivity contribution in [2.45, 2.75) is 18.6 Å². The summed E-state index contributed by atoms with van der Waals surface area (Å²) in [5.74, 6) is 0.689. The third-order valence-corrected chi connectivity index (χ3v) is 6.62. The Bertz CT molecular complexity index is 1240. The normalized spacial score (nSPS) is 10.6. The van der Waals surface area contributed by atoms with Gasteiger partial charge in [-0.15, -0.1) is 11.3 Å². The predicted octanol–water partition coefficient (Wildman–Crippen LogP) is 4.99. The van der Waals surface area contributed by atoms with E-state index in [-0.39, 0.29) is 17.6 Å². The lowest BCUT2D eigenvalue weighted by Crippen LogP contribution is -2.22. The first kappa shape index (κ1) is 23.6. The Morgan fingerprint density at radius 1 is 1.12 bits per heavy atom. The van der Waals surface area contributed by atoms with Crippen LogP contribution in [0.3, 0.4) is 0 Å². The Hall–Kier alpha value is -3.56. The lowest BCUT2D eigenvalue weighted by atomic mass is 10.2. The highest BCUT2D eigenvalue weighted by Crippen LogP contribution is 2.22. The number of ether oxygens (including phenoxy) is 1. The van der Waals surface area contributed by atoms with Gasteiger partial charge in [-0.1, -0.05) is 23.9 Å². The zero-order chi connectivity index (χ0) is 23.8. The van der Waals surface area contributed by atoms with Gasteiger partial charge in [-0.25, -0.2) is 4.98 Å². The van der Waals surface area contributed by atoms with E-state index in [0.29, 0.717) is 29.6 Å². The highest BCUT2D eigenvalue weighted by atomic mass is 32.2. The number of carbonyl (C=O) groups excluding carboxylic acids is 2. The number of nitrogens with zero attached hydrogens (tertiary/aromatic N) is 2. The second-order valence-electron chi connectivity index (χ2n) is 7.19. The molecular formula is C25H24N4O3S2. The van der Waals surface area contributed by atoms with Crippen LogP contribution in [0.2, 0.25) is 0 Å². The number of aromatic nitrogens is 2. The molecule has 34 heavy (non-hydrogen) atoms. The topological polar surface area (TPSA) is 85.2 Å². The Balaban J connectivity index is 1.36. The molecule has 0 aliphatic heterocycles. The van der Waals surface area contributed by atoms with E-state index in [1.807, 2.05) is 77.7 Å². The van der Waals surface area contributed by atoms with Crippen LogP contribution >= 0.6 is 23.1 Å². The number of thioether (sulfide) groups is 1. The standard InChI is InChI=1S/C25H24N4O3S2/c1-2-32-21-10-8-19(9-11-21)28-23(30)17-34-25-26-12-13-29(25)20-6-3-5-18(15-20)24(31)27-16-22-7-4-14-33-22/h3-15H,2,16-17H2,1H3,(H,27,31)(H,28,30). The molecule has 0 atom stereocenters. The van der Waals surface area contributed by atoms with E-state index >= 15 is 0 Å². The van der Waals surface area contributed by atoms with E-state index in [2.05, 4.69) is 15.6 Å². The van der Waals surface area contributed by atoms with Crippen LogP contribution < -0.4 is 15.4 Å². The van der Waals surface area contributed by atoms with E-state index in [9.17, 15) is 9.59 Å². The van der Waals surface area contributed by atoms with Crippen molar-refractivity contribution in [2.75, 3.05) is 17.7 Å². The SMILES string of the molecule is CCOc1ccc(NC(=O)CSc2nccn2-c2cccc(C(=O)NCc3cccs3)c2)cc1. The fraction of sp³-hybridized carbons (Fsp3) is 0.160. The average molecular weight is 493 g/mol. The Morgan fingerprint density at radius 2 is 1.97 bits per heavy atom. The lowest BCUT2D eigenvalue weighted by molar-refractivity contribution is -0.113. The van der Waals surface area contributed by atoms with Gasteiger partial charge in [0.25, 0.3) is 5.91 Å². The zero-order valence-corrected chi connectivity index (χ0v) is 20.2. The summed E-state index contributed by atoms with van der Waals surface area (Å²) < 4.78 is 7.28. The van der Waals surface area contributed by atoms with Gasteiger partial charge in [-0.3, -0.25) is 14.2 Å². The summed E-state index contributed by atoms with van der Waals surface area (Å²) in [5, 5.41) is 8.47. The van der Waals surface area contributed by atoms with Crippen LogP contribution in [0.4, 0.5) is 5.69 Å². The maximum absolute atomic E-state index is 12.6. The molecule has 2 aromatic heterocycles. The number of nitrogens with one attached hydrogen (secondary N) is 2. The molecular weight excluding hydrogens is 468 g/mol. The third kappa shape index (κ3) is 6.27. The summed E-state index contributed by atoms with van der Waals surface area (Å²) in [6.45, 7) is 3.02. The first-order valence-electron chi connectivity index (χ1n) is 10.7. The van der Waals surface area contributed by atoms with Gasteiger partial charge >= 0.3 is 0 Å². The minimum absolute atomic E-state index is 0.134. The molecule has 0 unspecified atom stereocenters. The van der Waals surface area contributed by atoms with Crippen molar-refractivity contribution in [2.24, 2.45) is 0 Å². The molecule has 7 nitrogen and oxygen atoms in total. The quantitative estimate of drug-likeness (QED) is 0.305. The first-order valence-corrected chi connectivity index (χ1v) is 12.6. The van der Waals surface area contributed by atoms with Crippen LogP contribution in [0.15, 0.2) is 83.6 Å². The van der Waals surface area contributed by atoms with E-state index in [1.54, 1.807) is 23.6 Å². The lowest BCUT2D eigenvalue weighted by Gasteiger charge is -2.10. The molecule has 2 N–H and O–H groups in total. The van der Waals surface area contributed by atoms with Gasteiger partial charge < -0.3 is 15.4 Å². The molecule has 0 saturated heterocycles. The van der Waals surface area contributed by atoms with Gasteiger partial charge in [0.05, 0.1) is 18.9 Å². The van der Waals surface area contributed by atoms with Crippen LogP contribution in [0.5, 0.6) is 5.75 Å². The molecule has 0 radical (unpaired) electrons. The van der Waals surface area contributed by atoms with Crippen LogP contribution in [0.25, 0.3) is 5.69 Å². The molecule has 174 valence electrons. The number of anilines is 1. The second kappa shape index (κ2) is 11.5. The van der Waals surface area contributed by atoms with Gasteiger partial charge in [-0.05, 0) is 60.8 Å². The smallest absolute Gasteiger partial charge is 0.251 e. The number of benzene rings is 2. The molecule has 0 aliphatic carbocycles. The van der Waals surface area contributed by atoms with Gasteiger partial charge in [0.15, 0.2) is 5.16 Å². The van der Waals surface area contributed by atoms with Crippen LogP contribution in [0.1, 0.15) is 22.2 Å². The van der Waals surface area contributed by atoms with Crippen molar-refractivity contribution in [3.05, 3.63) is 88.9 Å². The van der Waals surface area contributed by atoms with Crippen LogP contribution in [0, 0.1) is 0 Å². The number of hydrogen-bond acceptors (Lipinski definition) is 6. The van der Waals surface area contributed by atoms with Crippen molar-refractivity contribution in [3.8, 4) is 11.4 Å². The predicted molar refractivity (Wildman–Crippen MR) is 136 cm³/mol. The number of rotatable bonds is 10. The Labute approximate surface area is 206 Å². The summed E-state index contributed by atoms with van der Waals surface area (Å²) >= 11 is 2.93. The molecule has 2 heterocycles. The minimum atomic E-state index is -0.140.